The molecule has 1 nitrogen and oxygen atoms in total. The first-order valence-electron chi connectivity index (χ1n) is 6.67. The van der Waals surface area contributed by atoms with Gasteiger partial charge in [-0.25, -0.2) is 0 Å². The van der Waals surface area contributed by atoms with Gasteiger partial charge in [-0.2, -0.15) is 0 Å². The molecule has 0 N–H and O–H groups in total. The van der Waals surface area contributed by atoms with E-state index in [2.05, 4.69) is 22.9 Å². The number of ether oxygens (including phenoxy) is 1. The molecule has 0 spiro atoms. The van der Waals surface area contributed by atoms with Crippen LogP contribution in [-0.2, 0) is 0 Å². The molecular formula is C15H20BrClO. The van der Waals surface area contributed by atoms with E-state index in [1.807, 2.05) is 24.3 Å². The van der Waals surface area contributed by atoms with Gasteiger partial charge in [-0.1, -0.05) is 22.9 Å². The Labute approximate surface area is 123 Å². The summed E-state index contributed by atoms with van der Waals surface area (Å²) >= 11 is 9.81. The summed E-state index contributed by atoms with van der Waals surface area (Å²) in [5.74, 6) is 2.37. The van der Waals surface area contributed by atoms with E-state index in [0.29, 0.717) is 11.3 Å². The molecule has 0 aromatic heterocycles. The zero-order chi connectivity index (χ0) is 13.0. The molecular weight excluding hydrogens is 312 g/mol. The SMILES string of the molecule is CC1CCC(Cl)C(CCOc2ccc(Br)cc2)C1. The van der Waals surface area contributed by atoms with Crippen molar-refractivity contribution in [3.63, 3.8) is 0 Å². The largest absolute Gasteiger partial charge is 0.494 e. The quantitative estimate of drug-likeness (QED) is 0.684. The van der Waals surface area contributed by atoms with Crippen LogP contribution >= 0.6 is 27.5 Å². The molecule has 3 atom stereocenters. The first-order valence-corrected chi connectivity index (χ1v) is 7.90. The highest BCUT2D eigenvalue weighted by atomic mass is 79.9. The fourth-order valence-electron chi connectivity index (χ4n) is 2.62. The van der Waals surface area contributed by atoms with Gasteiger partial charge in [-0.05, 0) is 61.8 Å². The molecule has 18 heavy (non-hydrogen) atoms. The number of rotatable bonds is 4. The third kappa shape index (κ3) is 4.17. The van der Waals surface area contributed by atoms with E-state index < -0.39 is 0 Å². The Morgan fingerprint density at radius 2 is 2.00 bits per heavy atom. The number of hydrogen-bond donors (Lipinski definition) is 0. The van der Waals surface area contributed by atoms with Gasteiger partial charge >= 0.3 is 0 Å². The molecule has 3 heteroatoms. The van der Waals surface area contributed by atoms with Crippen molar-refractivity contribution in [1.29, 1.82) is 0 Å². The Bertz CT molecular complexity index is 365. The predicted octanol–water partition coefficient (Wildman–Crippen LogP) is 5.26. The lowest BCUT2D eigenvalue weighted by atomic mass is 9.80. The first kappa shape index (κ1) is 14.2. The van der Waals surface area contributed by atoms with Gasteiger partial charge in [0.1, 0.15) is 5.75 Å². The lowest BCUT2D eigenvalue weighted by Crippen LogP contribution is -2.25. The summed E-state index contributed by atoms with van der Waals surface area (Å²) in [4.78, 5) is 0. The summed E-state index contributed by atoms with van der Waals surface area (Å²) in [5.41, 5.74) is 0. The van der Waals surface area contributed by atoms with Gasteiger partial charge in [-0.15, -0.1) is 11.6 Å². The van der Waals surface area contributed by atoms with E-state index >= 15 is 0 Å². The van der Waals surface area contributed by atoms with Gasteiger partial charge in [-0.3, -0.25) is 0 Å². The van der Waals surface area contributed by atoms with Crippen LogP contribution in [0.4, 0.5) is 0 Å². The molecule has 1 aliphatic carbocycles. The number of benzene rings is 1. The average molecular weight is 332 g/mol. The van der Waals surface area contributed by atoms with Gasteiger partial charge in [0.2, 0.25) is 0 Å². The van der Waals surface area contributed by atoms with Crippen molar-refractivity contribution in [2.24, 2.45) is 11.8 Å². The van der Waals surface area contributed by atoms with Crippen LogP contribution in [0.1, 0.15) is 32.6 Å². The molecule has 100 valence electrons. The van der Waals surface area contributed by atoms with Gasteiger partial charge in [0.25, 0.3) is 0 Å². The summed E-state index contributed by atoms with van der Waals surface area (Å²) in [7, 11) is 0. The molecule has 0 radical (unpaired) electrons. The van der Waals surface area contributed by atoms with E-state index in [0.717, 1.165) is 35.6 Å². The Kier molecular flexibility index (Phi) is 5.38. The van der Waals surface area contributed by atoms with E-state index in [-0.39, 0.29) is 0 Å². The molecule has 1 fully saturated rings. The van der Waals surface area contributed by atoms with Crippen LogP contribution in [0, 0.1) is 11.8 Å². The zero-order valence-corrected chi connectivity index (χ0v) is 13.1. The van der Waals surface area contributed by atoms with Crippen LogP contribution in [0.15, 0.2) is 28.7 Å². The summed E-state index contributed by atoms with van der Waals surface area (Å²) < 4.78 is 6.85. The first-order chi connectivity index (χ1) is 8.65. The molecule has 0 amide bonds. The number of alkyl halides is 1. The highest BCUT2D eigenvalue weighted by Crippen LogP contribution is 2.34. The Balaban J connectivity index is 1.76. The van der Waals surface area contributed by atoms with Crippen molar-refractivity contribution in [2.45, 2.75) is 38.0 Å². The van der Waals surface area contributed by atoms with Crippen LogP contribution in [0.25, 0.3) is 0 Å². The van der Waals surface area contributed by atoms with Crippen molar-refractivity contribution in [3.8, 4) is 5.75 Å². The molecule has 0 heterocycles. The molecule has 3 unspecified atom stereocenters. The second-order valence-corrected chi connectivity index (χ2v) is 6.76. The topological polar surface area (TPSA) is 9.23 Å². The van der Waals surface area contributed by atoms with E-state index in [9.17, 15) is 0 Å². The lowest BCUT2D eigenvalue weighted by molar-refractivity contribution is 0.222. The van der Waals surface area contributed by atoms with Crippen LogP contribution in [0.2, 0.25) is 0 Å². The van der Waals surface area contributed by atoms with Gasteiger partial charge < -0.3 is 4.74 Å². The highest BCUT2D eigenvalue weighted by Gasteiger charge is 2.26. The Morgan fingerprint density at radius 1 is 1.28 bits per heavy atom. The van der Waals surface area contributed by atoms with Crippen LogP contribution in [0.3, 0.4) is 0 Å². The molecule has 1 aromatic rings. The summed E-state index contributed by atoms with van der Waals surface area (Å²) in [6.07, 6.45) is 4.75. The standard InChI is InChI=1S/C15H20BrClO/c1-11-2-7-15(17)12(10-11)8-9-18-14-5-3-13(16)4-6-14/h3-6,11-12,15H,2,7-10H2,1H3. The maximum absolute atomic E-state index is 6.39. The maximum Gasteiger partial charge on any atom is 0.119 e. The number of halogens is 2. The number of hydrogen-bond acceptors (Lipinski definition) is 1. The fourth-order valence-corrected chi connectivity index (χ4v) is 3.24. The van der Waals surface area contributed by atoms with Crippen molar-refractivity contribution in [3.05, 3.63) is 28.7 Å². The third-order valence-corrected chi connectivity index (χ3v) is 4.83. The smallest absolute Gasteiger partial charge is 0.119 e. The molecule has 1 saturated carbocycles. The minimum atomic E-state index is 0.342. The van der Waals surface area contributed by atoms with Crippen molar-refractivity contribution in [1.82, 2.24) is 0 Å². The minimum absolute atomic E-state index is 0.342. The third-order valence-electron chi connectivity index (χ3n) is 3.72. The van der Waals surface area contributed by atoms with Crippen molar-refractivity contribution < 1.29 is 4.74 Å². The van der Waals surface area contributed by atoms with Crippen molar-refractivity contribution in [2.75, 3.05) is 6.61 Å². The van der Waals surface area contributed by atoms with Gasteiger partial charge in [0, 0.05) is 9.85 Å². The zero-order valence-electron chi connectivity index (χ0n) is 10.7. The molecule has 1 aliphatic rings. The summed E-state index contributed by atoms with van der Waals surface area (Å²) in [6.45, 7) is 3.09. The molecule has 0 aliphatic heterocycles. The Hall–Kier alpha value is -0.210. The van der Waals surface area contributed by atoms with E-state index in [1.54, 1.807) is 0 Å². The molecule has 0 saturated heterocycles. The average Bonchev–Trinajstić information content (AvgIpc) is 2.36. The molecule has 2 rings (SSSR count). The summed E-state index contributed by atoms with van der Waals surface area (Å²) in [6, 6.07) is 7.99. The second-order valence-electron chi connectivity index (χ2n) is 5.29. The van der Waals surface area contributed by atoms with Crippen LogP contribution in [-0.4, -0.2) is 12.0 Å². The highest BCUT2D eigenvalue weighted by molar-refractivity contribution is 9.10. The molecule has 0 bridgehead atoms. The minimum Gasteiger partial charge on any atom is -0.494 e. The molecule has 1 aromatic carbocycles. The Morgan fingerprint density at radius 3 is 2.72 bits per heavy atom. The fraction of sp³-hybridized carbons (Fsp3) is 0.600. The lowest BCUT2D eigenvalue weighted by Gasteiger charge is -2.31. The normalized spacial score (nSPS) is 28.1. The monoisotopic (exact) mass is 330 g/mol. The van der Waals surface area contributed by atoms with E-state index in [1.165, 1.54) is 12.8 Å². The maximum atomic E-state index is 6.39. The van der Waals surface area contributed by atoms with Gasteiger partial charge in [0.15, 0.2) is 0 Å². The summed E-state index contributed by atoms with van der Waals surface area (Å²) in [5, 5.41) is 0.342. The second kappa shape index (κ2) is 6.81. The van der Waals surface area contributed by atoms with Crippen molar-refractivity contribution >= 4 is 27.5 Å². The van der Waals surface area contributed by atoms with E-state index in [4.69, 9.17) is 16.3 Å². The van der Waals surface area contributed by atoms with Crippen LogP contribution in [0.5, 0.6) is 5.75 Å². The predicted molar refractivity (Wildman–Crippen MR) is 80.4 cm³/mol. The van der Waals surface area contributed by atoms with Gasteiger partial charge in [0.05, 0.1) is 6.61 Å². The van der Waals surface area contributed by atoms with Crippen LogP contribution < -0.4 is 4.74 Å².